The first kappa shape index (κ1) is 92.0. The van der Waals surface area contributed by atoms with E-state index in [1.165, 1.54) is 74.3 Å². The van der Waals surface area contributed by atoms with Crippen LogP contribution >= 0.6 is 11.6 Å². The van der Waals surface area contributed by atoms with Crippen molar-refractivity contribution in [3.8, 4) is 23.0 Å². The van der Waals surface area contributed by atoms with Crippen molar-refractivity contribution >= 4 is 69.1 Å². The van der Waals surface area contributed by atoms with E-state index in [0.717, 1.165) is 62.0 Å². The minimum absolute atomic E-state index is 0. The number of nitrogens with zero attached hydrogens (tertiary/aromatic N) is 4. The molecule has 0 aliphatic rings. The number of aromatic nitrogens is 3. The van der Waals surface area contributed by atoms with Crippen molar-refractivity contribution < 1.29 is 95.2 Å². The number of phenols is 3. The second kappa shape index (κ2) is 49.6. The minimum atomic E-state index is -3.67. The van der Waals surface area contributed by atoms with E-state index in [4.69, 9.17) is 49.8 Å². The molecule has 0 saturated carbocycles. The molecule has 0 saturated heterocycles. The number of Topliss-reactive ketones (excluding diaryl/α,β-unsaturated/α-hetero) is 2. The molecule has 10 aromatic rings. The highest BCUT2D eigenvalue weighted by Crippen LogP contribution is 2.31. The van der Waals surface area contributed by atoms with Crippen LogP contribution in [0.25, 0.3) is 12.2 Å². The Kier molecular flexibility index (Phi) is 42.2. The first-order valence-electron chi connectivity index (χ1n) is 32.6. The number of hydrogen-bond acceptors (Lipinski definition) is 21. The number of allylic oxidation sites excluding steroid dienone is 1. The number of methoxy groups -OCH3 is 2. The van der Waals surface area contributed by atoms with Gasteiger partial charge in [0.1, 0.15) is 53.4 Å². The van der Waals surface area contributed by atoms with Gasteiger partial charge in [0.05, 0.1) is 56.3 Å². The van der Waals surface area contributed by atoms with Crippen LogP contribution in [0.1, 0.15) is 150 Å². The number of hydrogen-bond donors (Lipinski definition) is 6. The predicted molar refractivity (Wildman–Crippen MR) is 410 cm³/mol. The Morgan fingerprint density at radius 3 is 1.19 bits per heavy atom. The summed E-state index contributed by atoms with van der Waals surface area (Å²) in [5, 5.41) is 66.6. The van der Waals surface area contributed by atoms with Crippen LogP contribution in [0.3, 0.4) is 0 Å². The molecule has 10 rings (SSSR count). The predicted octanol–water partition coefficient (Wildman–Crippen LogP) is 16.2. The van der Waals surface area contributed by atoms with Crippen LogP contribution in [0, 0.1) is 30.9 Å². The quantitative estimate of drug-likeness (QED) is 0.00865. The highest BCUT2D eigenvalue weighted by atomic mass is 35.5. The van der Waals surface area contributed by atoms with Gasteiger partial charge in [-0.3, -0.25) is 33.8 Å². The maximum atomic E-state index is 11.4. The fraction of sp³-hybridized carbons (Fsp3) is 0.247. The molecule has 0 aliphatic carbocycles. The number of ketones is 3. The molecule has 0 aliphatic heterocycles. The molecule has 0 radical (unpaired) electrons. The minimum Gasteiger partial charge on any atom is -0.508 e. The zero-order valence-electron chi connectivity index (χ0n) is 60.4. The molecule has 0 amide bonds. The lowest BCUT2D eigenvalue weighted by atomic mass is 9.90. The van der Waals surface area contributed by atoms with Gasteiger partial charge in [-0.2, -0.15) is 8.42 Å². The van der Waals surface area contributed by atoms with Gasteiger partial charge >= 0.3 is 17.9 Å². The number of phenolic OH excluding ortho intramolecular Hbond substituents is 3. The average Bonchev–Trinajstić information content (AvgIpc) is 1.57. The van der Waals surface area contributed by atoms with Gasteiger partial charge in [0.25, 0.3) is 10.1 Å². The van der Waals surface area contributed by atoms with E-state index in [2.05, 4.69) is 20.2 Å². The van der Waals surface area contributed by atoms with Crippen molar-refractivity contribution in [1.29, 1.82) is 0 Å². The highest BCUT2D eigenvalue weighted by molar-refractivity contribution is 7.85. The largest absolute Gasteiger partial charge is 0.508 e. The Balaban J connectivity index is 0.000000426. The third-order valence-electron chi connectivity index (χ3n) is 14.6. The summed E-state index contributed by atoms with van der Waals surface area (Å²) in [7, 11) is -0.672. The van der Waals surface area contributed by atoms with Gasteiger partial charge in [-0.25, -0.2) is 4.79 Å². The zero-order chi connectivity index (χ0) is 79.4. The number of esters is 1. The third kappa shape index (κ3) is 39.7. The lowest BCUT2D eigenvalue weighted by molar-refractivity contribution is -0.483. The van der Waals surface area contributed by atoms with Crippen LogP contribution in [0.4, 0.5) is 0 Å². The molecule has 3 aromatic heterocycles. The zero-order valence-corrected chi connectivity index (χ0v) is 61.9. The maximum absolute atomic E-state index is 11.4. The molecule has 7 aromatic carbocycles. The monoisotopic (exact) mass is 1520 g/mol. The van der Waals surface area contributed by atoms with Crippen molar-refractivity contribution in [1.82, 2.24) is 15.5 Å². The number of aromatic hydroxyl groups is 3. The molecular weight excluding hydrogens is 1430 g/mol. The molecule has 6 N–H and O–H groups in total. The molecule has 4 unspecified atom stereocenters. The molecular formula is C81H91ClN4O21S. The summed E-state index contributed by atoms with van der Waals surface area (Å²) in [5.74, 6) is -1.02. The number of carbonyl (C=O) groups excluding carboxylic acids is 4. The van der Waals surface area contributed by atoms with Gasteiger partial charge < -0.3 is 53.4 Å². The summed E-state index contributed by atoms with van der Waals surface area (Å²) in [5.41, 5.74) is 12.1. The van der Waals surface area contributed by atoms with E-state index in [9.17, 15) is 57.5 Å². The molecule has 0 bridgehead atoms. The molecule has 0 fully saturated rings. The molecule has 27 heteroatoms. The number of halogens is 1. The number of ether oxygens (including phenoxy) is 2. The molecule has 25 nitrogen and oxygen atoms in total. The molecule has 4 atom stereocenters. The van der Waals surface area contributed by atoms with E-state index in [0.29, 0.717) is 29.9 Å². The van der Waals surface area contributed by atoms with Gasteiger partial charge in [-0.1, -0.05) is 167 Å². The first-order valence-corrected chi connectivity index (χ1v) is 35.0. The van der Waals surface area contributed by atoms with Crippen LogP contribution in [0.2, 0.25) is 0 Å². The van der Waals surface area contributed by atoms with Crippen molar-refractivity contribution in [3.05, 3.63) is 302 Å². The Bertz CT molecular complexity index is 4230. The summed E-state index contributed by atoms with van der Waals surface area (Å²) >= 11 is 5.58. The topological polar surface area (TPSA) is 398 Å². The lowest BCUT2D eigenvalue weighted by Gasteiger charge is -2.13. The number of rotatable bonds is 23. The average molecular weight is 1520 g/mol. The fourth-order valence-electron chi connectivity index (χ4n) is 9.32. The van der Waals surface area contributed by atoms with Gasteiger partial charge in [0.15, 0.2) is 5.78 Å². The number of aliphatic carboxylic acids is 2. The van der Waals surface area contributed by atoms with Gasteiger partial charge in [-0.05, 0) is 141 Å². The second-order valence-electron chi connectivity index (χ2n) is 23.7. The van der Waals surface area contributed by atoms with E-state index >= 15 is 0 Å². The molecule has 3 heterocycles. The fourth-order valence-corrected chi connectivity index (χ4v) is 9.50. The first-order chi connectivity index (χ1) is 50.7. The van der Waals surface area contributed by atoms with E-state index in [1.54, 1.807) is 87.7 Å². The van der Waals surface area contributed by atoms with Crippen molar-refractivity contribution in [2.24, 2.45) is 0 Å². The maximum Gasteiger partial charge on any atom is 0.328 e. The normalized spacial score (nSPS) is 11.4. The summed E-state index contributed by atoms with van der Waals surface area (Å²) in [6.07, 6.45) is 11.8. The summed E-state index contributed by atoms with van der Waals surface area (Å²) in [6.45, 7) is 10.4. The van der Waals surface area contributed by atoms with Gasteiger partial charge in [0, 0.05) is 65.7 Å². The number of carboxylic acids is 2. The number of alkyl halides is 1. The smallest absolute Gasteiger partial charge is 0.328 e. The van der Waals surface area contributed by atoms with Gasteiger partial charge in [-0.15, -0.1) is 11.6 Å². The number of benzene rings is 7. The summed E-state index contributed by atoms with van der Waals surface area (Å²) in [6, 6.07) is 55.9. The van der Waals surface area contributed by atoms with Crippen LogP contribution in [-0.4, -0.2) is 121 Å². The highest BCUT2D eigenvalue weighted by Gasteiger charge is 2.24. The van der Waals surface area contributed by atoms with Crippen molar-refractivity contribution in [2.75, 3.05) is 27.0 Å². The summed E-state index contributed by atoms with van der Waals surface area (Å²) < 4.78 is 49.9. The van der Waals surface area contributed by atoms with Crippen LogP contribution < -0.4 is 4.74 Å². The van der Waals surface area contributed by atoms with E-state index < -0.39 is 22.1 Å². The van der Waals surface area contributed by atoms with E-state index in [-0.39, 0.29) is 102 Å². The van der Waals surface area contributed by atoms with Crippen molar-refractivity contribution in [3.63, 3.8) is 0 Å². The summed E-state index contributed by atoms with van der Waals surface area (Å²) in [4.78, 5) is 75.5. The SMILES string of the molecule is C.CC(=O)/C=C/c1ccc(C)cc1.CC(=O)CC(C[N+](=O)[O-])c1ccc(C)cc1.CC(=O)CC(c1ccc(C)cc1)c1ccon1.COC(=O)CC(c1ccc(O)cc1)c1ccon1.COc1ccc(CCl)cc1.CS(=O)(=O)O.O=C(O)/C=C/c1ccc(O)cc1.O=C(O)CC(c1ccc(O)cc1)c1ccon1. The Hall–Kier alpha value is -12.1. The van der Waals surface area contributed by atoms with Crippen LogP contribution in [0.15, 0.2) is 233 Å². The van der Waals surface area contributed by atoms with Crippen molar-refractivity contribution in [2.45, 2.75) is 104 Å². The third-order valence-corrected chi connectivity index (χ3v) is 15.0. The van der Waals surface area contributed by atoms with Crippen LogP contribution in [-0.2, 0) is 49.5 Å². The van der Waals surface area contributed by atoms with E-state index in [1.807, 2.05) is 130 Å². The second-order valence-corrected chi connectivity index (χ2v) is 25.4. The Morgan fingerprint density at radius 2 is 0.861 bits per heavy atom. The van der Waals surface area contributed by atoms with Crippen LogP contribution in [0.5, 0.6) is 23.0 Å². The number of carboxylic acid groups (broad SMARTS) is 2. The number of aryl methyl sites for hydroxylation is 3. The Labute approximate surface area is 632 Å². The lowest BCUT2D eigenvalue weighted by Crippen LogP contribution is -2.15. The molecule has 108 heavy (non-hydrogen) atoms. The standard InChI is InChI=1S/C14H15NO2.C13H13NO4.C12H11NO4.C12H15NO3.C11H12O.C9H8O3.C8H9ClO.CH4O3S.CH4/c1-10-3-5-12(6-4-10)13(9-11(2)16)14-7-8-17-15-14;1-17-13(16)8-11(12-6-7-18-14-12)9-2-4-10(15)5-3-9;14-9-3-1-8(2-4-9)10(7-12(15)16)11-5-6-17-13-11;1-9-3-5-11(6-4-9)12(7-10(2)14)8-13(15)16;1-9-3-6-11(7-4-9)8-5-10(2)12;10-8-4-1-7(2-5-8)3-6-9(11)12;1-10-8-4-2-7(6-9)3-5-8;1-5(2,3)4;/h3-8,13H,9H2,1-2H3;2-7,11,15H,8H2,1H3;1-6,10,14H,7H2,(H,15,16);3-6,12H,7-8H2,1-2H3;3-8H,1-2H3;1-6,10H,(H,11,12);2-5H,6H2,1H3;1H3,(H,2,3,4);1H4/b;;;;8-5+;6-3+;;;. The molecule has 574 valence electrons. The number of carbonyl (C=O) groups is 6. The Morgan fingerprint density at radius 1 is 0.519 bits per heavy atom. The van der Waals surface area contributed by atoms with Gasteiger partial charge in [0.2, 0.25) is 6.54 Å². The number of nitro groups is 1. The molecule has 0 spiro atoms.